The molecular formula is C12H16N2O2. The van der Waals surface area contributed by atoms with Crippen LogP contribution >= 0.6 is 0 Å². The topological polar surface area (TPSA) is 65.3 Å². The Bertz CT molecular complexity index is 343. The maximum absolute atomic E-state index is 8.95. The van der Waals surface area contributed by atoms with Crippen molar-refractivity contribution in [3.8, 4) is 11.8 Å². The molecule has 86 valence electrons. The molecule has 1 aromatic carbocycles. The van der Waals surface area contributed by atoms with Gasteiger partial charge in [-0.2, -0.15) is 5.26 Å². The van der Waals surface area contributed by atoms with Crippen molar-refractivity contribution in [1.82, 2.24) is 5.32 Å². The van der Waals surface area contributed by atoms with Gasteiger partial charge < -0.3 is 9.84 Å². The van der Waals surface area contributed by atoms with Crippen LogP contribution < -0.4 is 10.1 Å². The molecule has 0 bridgehead atoms. The zero-order valence-corrected chi connectivity index (χ0v) is 9.31. The number of benzene rings is 1. The fourth-order valence-corrected chi connectivity index (χ4v) is 1.37. The van der Waals surface area contributed by atoms with Gasteiger partial charge in [-0.15, -0.1) is 0 Å². The van der Waals surface area contributed by atoms with Crippen molar-refractivity contribution in [3.63, 3.8) is 0 Å². The summed E-state index contributed by atoms with van der Waals surface area (Å²) in [5.74, 6) is 0.796. The van der Waals surface area contributed by atoms with E-state index in [1.54, 1.807) is 0 Å². The van der Waals surface area contributed by atoms with Crippen molar-refractivity contribution in [2.45, 2.75) is 13.0 Å². The minimum Gasteiger partial charge on any atom is -0.494 e. The third kappa shape index (κ3) is 3.54. The van der Waals surface area contributed by atoms with Crippen LogP contribution in [0.1, 0.15) is 18.5 Å². The SMILES string of the molecule is CCOc1ccc(C(C#N)NCCO)cc1. The highest BCUT2D eigenvalue weighted by Gasteiger charge is 2.08. The summed E-state index contributed by atoms with van der Waals surface area (Å²) in [6.45, 7) is 2.99. The second kappa shape index (κ2) is 6.83. The zero-order chi connectivity index (χ0) is 11.8. The number of nitrogens with one attached hydrogen (secondary N) is 1. The molecule has 0 saturated carbocycles. The van der Waals surface area contributed by atoms with E-state index < -0.39 is 0 Å². The van der Waals surface area contributed by atoms with E-state index in [9.17, 15) is 0 Å². The summed E-state index contributed by atoms with van der Waals surface area (Å²) in [5.41, 5.74) is 0.874. The van der Waals surface area contributed by atoms with Gasteiger partial charge in [0.25, 0.3) is 0 Å². The molecule has 0 aromatic heterocycles. The number of rotatable bonds is 6. The average Bonchev–Trinajstić information content (AvgIpc) is 2.32. The third-order valence-electron chi connectivity index (χ3n) is 2.11. The molecule has 4 heteroatoms. The van der Waals surface area contributed by atoms with Gasteiger partial charge in [0, 0.05) is 6.54 Å². The molecule has 2 N–H and O–H groups in total. The fourth-order valence-electron chi connectivity index (χ4n) is 1.37. The number of aliphatic hydroxyl groups excluding tert-OH is 1. The van der Waals surface area contributed by atoms with E-state index in [0.717, 1.165) is 11.3 Å². The van der Waals surface area contributed by atoms with Gasteiger partial charge in [0.05, 0.1) is 19.3 Å². The van der Waals surface area contributed by atoms with Crippen LogP contribution in [0.15, 0.2) is 24.3 Å². The van der Waals surface area contributed by atoms with Crippen molar-refractivity contribution in [2.75, 3.05) is 19.8 Å². The molecule has 1 aromatic rings. The van der Waals surface area contributed by atoms with E-state index in [2.05, 4.69) is 11.4 Å². The maximum Gasteiger partial charge on any atom is 0.121 e. The smallest absolute Gasteiger partial charge is 0.121 e. The van der Waals surface area contributed by atoms with Gasteiger partial charge in [-0.25, -0.2) is 0 Å². The van der Waals surface area contributed by atoms with Crippen molar-refractivity contribution >= 4 is 0 Å². The molecular weight excluding hydrogens is 204 g/mol. The van der Waals surface area contributed by atoms with Gasteiger partial charge >= 0.3 is 0 Å². The van der Waals surface area contributed by atoms with Crippen molar-refractivity contribution < 1.29 is 9.84 Å². The van der Waals surface area contributed by atoms with E-state index in [-0.39, 0.29) is 12.6 Å². The van der Waals surface area contributed by atoms with Gasteiger partial charge in [-0.05, 0) is 24.6 Å². The largest absolute Gasteiger partial charge is 0.494 e. The van der Waals surface area contributed by atoms with E-state index in [1.165, 1.54) is 0 Å². The van der Waals surface area contributed by atoms with Gasteiger partial charge in [0.1, 0.15) is 11.8 Å². The Labute approximate surface area is 95.5 Å². The standard InChI is InChI=1S/C12H16N2O2/c1-2-16-11-5-3-10(4-6-11)12(9-13)14-7-8-15/h3-6,12,14-15H,2,7-8H2,1H3. The Kier molecular flexibility index (Phi) is 5.34. The van der Waals surface area contributed by atoms with Crippen LogP contribution in [-0.4, -0.2) is 24.9 Å². The highest BCUT2D eigenvalue weighted by Crippen LogP contribution is 2.17. The Morgan fingerprint density at radius 3 is 2.62 bits per heavy atom. The zero-order valence-electron chi connectivity index (χ0n) is 9.31. The van der Waals surface area contributed by atoms with E-state index in [4.69, 9.17) is 15.1 Å². The lowest BCUT2D eigenvalue weighted by atomic mass is 10.1. The minimum absolute atomic E-state index is 0.0230. The first-order chi connectivity index (χ1) is 7.81. The second-order valence-corrected chi connectivity index (χ2v) is 3.24. The van der Waals surface area contributed by atoms with E-state index in [0.29, 0.717) is 13.2 Å². The van der Waals surface area contributed by atoms with Crippen LogP contribution in [0.25, 0.3) is 0 Å². The molecule has 0 amide bonds. The molecule has 0 fully saturated rings. The first-order valence-electron chi connectivity index (χ1n) is 5.28. The Hall–Kier alpha value is -1.57. The number of hydrogen-bond acceptors (Lipinski definition) is 4. The van der Waals surface area contributed by atoms with E-state index in [1.807, 2.05) is 31.2 Å². The predicted octanol–water partition coefficient (Wildman–Crippen LogP) is 1.23. The number of hydrogen-bond donors (Lipinski definition) is 2. The summed E-state index contributed by atoms with van der Waals surface area (Å²) in [6.07, 6.45) is 0. The normalized spacial score (nSPS) is 11.8. The maximum atomic E-state index is 8.95. The number of ether oxygens (including phenoxy) is 1. The quantitative estimate of drug-likeness (QED) is 0.756. The Morgan fingerprint density at radius 1 is 1.44 bits per heavy atom. The highest BCUT2D eigenvalue weighted by atomic mass is 16.5. The van der Waals surface area contributed by atoms with Gasteiger partial charge in [0.2, 0.25) is 0 Å². The molecule has 0 radical (unpaired) electrons. The fraction of sp³-hybridized carbons (Fsp3) is 0.417. The molecule has 0 saturated heterocycles. The first-order valence-corrected chi connectivity index (χ1v) is 5.28. The van der Waals surface area contributed by atoms with Crippen LogP contribution in [0.5, 0.6) is 5.75 Å². The summed E-state index contributed by atoms with van der Waals surface area (Å²) in [5, 5.41) is 20.6. The molecule has 0 aliphatic carbocycles. The molecule has 1 rings (SSSR count). The third-order valence-corrected chi connectivity index (χ3v) is 2.11. The summed E-state index contributed by atoms with van der Waals surface area (Å²) >= 11 is 0. The lowest BCUT2D eigenvalue weighted by molar-refractivity contribution is 0.289. The molecule has 4 nitrogen and oxygen atoms in total. The molecule has 0 aliphatic rings. The number of nitrogens with zero attached hydrogens (tertiary/aromatic N) is 1. The number of nitriles is 1. The predicted molar refractivity (Wildman–Crippen MR) is 61.1 cm³/mol. The summed E-state index contributed by atoms with van der Waals surface area (Å²) in [7, 11) is 0. The molecule has 0 heterocycles. The molecule has 1 unspecified atom stereocenters. The molecule has 0 aliphatic heterocycles. The van der Waals surface area contributed by atoms with Crippen LogP contribution in [0, 0.1) is 11.3 Å². The monoisotopic (exact) mass is 220 g/mol. The van der Waals surface area contributed by atoms with Crippen LogP contribution in [0.3, 0.4) is 0 Å². The highest BCUT2D eigenvalue weighted by molar-refractivity contribution is 5.31. The number of aliphatic hydroxyl groups is 1. The van der Waals surface area contributed by atoms with Crippen LogP contribution in [0.4, 0.5) is 0 Å². The first kappa shape index (κ1) is 12.5. The molecule has 0 spiro atoms. The van der Waals surface area contributed by atoms with Crippen molar-refractivity contribution in [1.29, 1.82) is 5.26 Å². The second-order valence-electron chi connectivity index (χ2n) is 3.24. The van der Waals surface area contributed by atoms with Gasteiger partial charge in [0.15, 0.2) is 0 Å². The Balaban J connectivity index is 2.67. The van der Waals surface area contributed by atoms with Crippen LogP contribution in [0.2, 0.25) is 0 Å². The van der Waals surface area contributed by atoms with Gasteiger partial charge in [-0.3, -0.25) is 5.32 Å². The summed E-state index contributed by atoms with van der Waals surface area (Å²) in [4.78, 5) is 0. The van der Waals surface area contributed by atoms with Crippen molar-refractivity contribution in [3.05, 3.63) is 29.8 Å². The molecule has 16 heavy (non-hydrogen) atoms. The lowest BCUT2D eigenvalue weighted by Gasteiger charge is -2.11. The van der Waals surface area contributed by atoms with Gasteiger partial charge in [-0.1, -0.05) is 12.1 Å². The minimum atomic E-state index is -0.386. The van der Waals surface area contributed by atoms with Crippen molar-refractivity contribution in [2.24, 2.45) is 0 Å². The Morgan fingerprint density at radius 2 is 2.12 bits per heavy atom. The van der Waals surface area contributed by atoms with E-state index >= 15 is 0 Å². The molecule has 1 atom stereocenters. The van der Waals surface area contributed by atoms with Crippen LogP contribution in [-0.2, 0) is 0 Å². The summed E-state index contributed by atoms with van der Waals surface area (Å²) in [6, 6.07) is 9.13. The summed E-state index contributed by atoms with van der Waals surface area (Å²) < 4.78 is 5.31. The lowest BCUT2D eigenvalue weighted by Crippen LogP contribution is -2.23. The average molecular weight is 220 g/mol.